The number of likely N-dealkylation sites (N-methyl/N-ethyl adjacent to an activating group) is 1. The average Bonchev–Trinajstić information content (AvgIpc) is 2.27. The maximum Gasteiger partial charge on any atom is 0.236 e. The van der Waals surface area contributed by atoms with Gasteiger partial charge in [0.15, 0.2) is 0 Å². The quantitative estimate of drug-likeness (QED) is 0.710. The first-order valence-corrected chi connectivity index (χ1v) is 6.07. The van der Waals surface area contributed by atoms with E-state index >= 15 is 0 Å². The molecule has 1 amide bonds. The molecule has 0 aromatic carbocycles. The zero-order valence-electron chi connectivity index (χ0n) is 10.5. The fraction of sp³-hybridized carbons (Fsp3) is 0.769. The molecule has 1 N–H and O–H groups in total. The molecule has 1 aliphatic rings. The van der Waals surface area contributed by atoms with E-state index in [4.69, 9.17) is 0 Å². The van der Waals surface area contributed by atoms with Crippen LogP contribution in [-0.4, -0.2) is 37.5 Å². The van der Waals surface area contributed by atoms with Gasteiger partial charge in [0.2, 0.25) is 5.91 Å². The Labute approximate surface area is 98.6 Å². The van der Waals surface area contributed by atoms with E-state index in [1.165, 1.54) is 0 Å². The van der Waals surface area contributed by atoms with Crippen molar-refractivity contribution in [3.63, 3.8) is 0 Å². The van der Waals surface area contributed by atoms with Crippen molar-refractivity contribution >= 4 is 5.91 Å². The monoisotopic (exact) mass is 222 g/mol. The van der Waals surface area contributed by atoms with Crippen LogP contribution in [0.25, 0.3) is 0 Å². The van der Waals surface area contributed by atoms with E-state index in [0.29, 0.717) is 18.4 Å². The summed E-state index contributed by atoms with van der Waals surface area (Å²) < 4.78 is 0. The molecule has 0 aromatic heterocycles. The fourth-order valence-electron chi connectivity index (χ4n) is 1.87. The number of carbonyl (C=O) groups excluding carboxylic acids is 1. The standard InChI is InChI=1S/C13H22N2O/c1-11(2)6-7-12-5-4-8-15(10-12)13(16)9-14-3/h11-12,14H,4-5,8-10H2,1-3H3. The summed E-state index contributed by atoms with van der Waals surface area (Å²) in [6, 6.07) is 0. The second-order valence-corrected chi connectivity index (χ2v) is 4.65. The van der Waals surface area contributed by atoms with E-state index in [9.17, 15) is 4.79 Å². The van der Waals surface area contributed by atoms with E-state index in [1.807, 2.05) is 4.90 Å². The molecule has 0 spiro atoms. The second kappa shape index (κ2) is 6.55. The van der Waals surface area contributed by atoms with Gasteiger partial charge in [-0.1, -0.05) is 19.8 Å². The molecule has 1 aliphatic heterocycles. The maximum atomic E-state index is 11.7. The zero-order valence-corrected chi connectivity index (χ0v) is 10.5. The largest absolute Gasteiger partial charge is 0.340 e. The molecule has 1 fully saturated rings. The molecule has 0 aliphatic carbocycles. The van der Waals surface area contributed by atoms with Crippen molar-refractivity contribution in [3.8, 4) is 11.8 Å². The topological polar surface area (TPSA) is 32.3 Å². The highest BCUT2D eigenvalue weighted by molar-refractivity contribution is 5.78. The fourth-order valence-corrected chi connectivity index (χ4v) is 1.87. The highest BCUT2D eigenvalue weighted by Crippen LogP contribution is 2.15. The maximum absolute atomic E-state index is 11.7. The predicted octanol–water partition coefficient (Wildman–Crippen LogP) is 1.10. The minimum absolute atomic E-state index is 0.193. The van der Waals surface area contributed by atoms with Crippen molar-refractivity contribution in [2.24, 2.45) is 11.8 Å². The smallest absolute Gasteiger partial charge is 0.236 e. The van der Waals surface area contributed by atoms with Crippen molar-refractivity contribution in [1.82, 2.24) is 10.2 Å². The van der Waals surface area contributed by atoms with Crippen LogP contribution >= 0.6 is 0 Å². The number of piperidine rings is 1. The van der Waals surface area contributed by atoms with Crippen molar-refractivity contribution < 1.29 is 4.79 Å². The number of amides is 1. The lowest BCUT2D eigenvalue weighted by Crippen LogP contribution is -2.43. The highest BCUT2D eigenvalue weighted by atomic mass is 16.2. The van der Waals surface area contributed by atoms with Crippen molar-refractivity contribution in [2.75, 3.05) is 26.7 Å². The lowest BCUT2D eigenvalue weighted by atomic mass is 9.98. The molecule has 0 saturated carbocycles. The van der Waals surface area contributed by atoms with Crippen LogP contribution in [0.5, 0.6) is 0 Å². The first kappa shape index (κ1) is 13.1. The van der Waals surface area contributed by atoms with Crippen LogP contribution in [0.3, 0.4) is 0 Å². The third-order valence-corrected chi connectivity index (χ3v) is 2.68. The summed E-state index contributed by atoms with van der Waals surface area (Å²) >= 11 is 0. The summed E-state index contributed by atoms with van der Waals surface area (Å²) in [5.74, 6) is 7.47. The number of rotatable bonds is 2. The molecule has 1 atom stereocenters. The molecule has 1 unspecified atom stereocenters. The molecule has 0 radical (unpaired) electrons. The highest BCUT2D eigenvalue weighted by Gasteiger charge is 2.21. The summed E-state index contributed by atoms with van der Waals surface area (Å²) in [6.07, 6.45) is 2.20. The zero-order chi connectivity index (χ0) is 12.0. The number of nitrogens with one attached hydrogen (secondary N) is 1. The van der Waals surface area contributed by atoms with Gasteiger partial charge in [-0.2, -0.15) is 0 Å². The predicted molar refractivity (Wildman–Crippen MR) is 65.8 cm³/mol. The van der Waals surface area contributed by atoms with Crippen molar-refractivity contribution in [3.05, 3.63) is 0 Å². The molecule has 3 heteroatoms. The van der Waals surface area contributed by atoms with Crippen LogP contribution < -0.4 is 5.32 Å². The molecule has 16 heavy (non-hydrogen) atoms. The van der Waals surface area contributed by atoms with Crippen LogP contribution in [0.1, 0.15) is 26.7 Å². The van der Waals surface area contributed by atoms with Crippen molar-refractivity contribution in [2.45, 2.75) is 26.7 Å². The van der Waals surface area contributed by atoms with Crippen molar-refractivity contribution in [1.29, 1.82) is 0 Å². The molecule has 1 heterocycles. The Morgan fingerprint density at radius 2 is 2.31 bits per heavy atom. The minimum Gasteiger partial charge on any atom is -0.340 e. The third-order valence-electron chi connectivity index (χ3n) is 2.68. The summed E-state index contributed by atoms with van der Waals surface area (Å²) in [4.78, 5) is 13.6. The number of hydrogen-bond donors (Lipinski definition) is 1. The first-order chi connectivity index (χ1) is 7.63. The van der Waals surface area contributed by atoms with Gasteiger partial charge in [0, 0.05) is 24.9 Å². The molecular weight excluding hydrogens is 200 g/mol. The van der Waals surface area contributed by atoms with Gasteiger partial charge in [-0.25, -0.2) is 0 Å². The molecule has 0 aromatic rings. The Hall–Kier alpha value is -1.01. The lowest BCUT2D eigenvalue weighted by Gasteiger charge is -2.30. The van der Waals surface area contributed by atoms with Gasteiger partial charge in [-0.3, -0.25) is 4.79 Å². The Bertz CT molecular complexity index is 288. The summed E-state index contributed by atoms with van der Waals surface area (Å²) in [7, 11) is 1.80. The van der Waals surface area contributed by atoms with Gasteiger partial charge in [-0.15, -0.1) is 5.92 Å². The molecule has 1 rings (SSSR count). The van der Waals surface area contributed by atoms with Gasteiger partial charge in [0.1, 0.15) is 0 Å². The lowest BCUT2D eigenvalue weighted by molar-refractivity contribution is -0.131. The number of hydrogen-bond acceptors (Lipinski definition) is 2. The Morgan fingerprint density at radius 1 is 1.56 bits per heavy atom. The van der Waals surface area contributed by atoms with Gasteiger partial charge >= 0.3 is 0 Å². The molecular formula is C13H22N2O. The number of carbonyl (C=O) groups is 1. The number of likely N-dealkylation sites (tertiary alicyclic amines) is 1. The van der Waals surface area contributed by atoms with Gasteiger partial charge in [0.25, 0.3) is 0 Å². The van der Waals surface area contributed by atoms with Gasteiger partial charge < -0.3 is 10.2 Å². The van der Waals surface area contributed by atoms with Gasteiger partial charge in [0.05, 0.1) is 6.54 Å². The van der Waals surface area contributed by atoms with E-state index < -0.39 is 0 Å². The molecule has 3 nitrogen and oxygen atoms in total. The van der Waals surface area contributed by atoms with Crippen LogP contribution in [-0.2, 0) is 4.79 Å². The molecule has 0 bridgehead atoms. The summed E-state index contributed by atoms with van der Waals surface area (Å²) in [6.45, 7) is 6.32. The first-order valence-electron chi connectivity index (χ1n) is 6.07. The van der Waals surface area contributed by atoms with Crippen LogP contribution in [0.4, 0.5) is 0 Å². The average molecular weight is 222 g/mol. The third kappa shape index (κ3) is 4.24. The van der Waals surface area contributed by atoms with E-state index in [1.54, 1.807) is 7.05 Å². The molecule has 90 valence electrons. The van der Waals surface area contributed by atoms with Crippen LogP contribution in [0, 0.1) is 23.7 Å². The Morgan fingerprint density at radius 3 is 2.94 bits per heavy atom. The van der Waals surface area contributed by atoms with E-state index in [-0.39, 0.29) is 5.91 Å². The summed E-state index contributed by atoms with van der Waals surface area (Å²) in [5.41, 5.74) is 0. The summed E-state index contributed by atoms with van der Waals surface area (Å²) in [5, 5.41) is 2.90. The van der Waals surface area contributed by atoms with Crippen LogP contribution in [0.15, 0.2) is 0 Å². The Balaban J connectivity index is 2.48. The number of nitrogens with zero attached hydrogens (tertiary/aromatic N) is 1. The Kier molecular flexibility index (Phi) is 5.34. The van der Waals surface area contributed by atoms with Crippen LogP contribution in [0.2, 0.25) is 0 Å². The molecule has 1 saturated heterocycles. The minimum atomic E-state index is 0.193. The normalized spacial score (nSPS) is 20.5. The van der Waals surface area contributed by atoms with E-state index in [2.05, 4.69) is 31.0 Å². The van der Waals surface area contributed by atoms with E-state index in [0.717, 1.165) is 25.9 Å². The second-order valence-electron chi connectivity index (χ2n) is 4.65. The van der Waals surface area contributed by atoms with Gasteiger partial charge in [-0.05, 0) is 19.9 Å². The SMILES string of the molecule is CNCC(=O)N1CCCC(C#CC(C)C)C1.